The van der Waals surface area contributed by atoms with Crippen molar-refractivity contribution < 1.29 is 14.1 Å². The van der Waals surface area contributed by atoms with Gasteiger partial charge in [-0.1, -0.05) is 0 Å². The Morgan fingerprint density at radius 2 is 1.33 bits per heavy atom. The van der Waals surface area contributed by atoms with Crippen LogP contribution in [0, 0.1) is 0 Å². The summed E-state index contributed by atoms with van der Waals surface area (Å²) in [5, 5.41) is 0. The zero-order valence-electron chi connectivity index (χ0n) is 2.21. The Morgan fingerprint density at radius 3 is 1.33 bits per heavy atom. The minimum atomic E-state index is -3.13. The second-order valence-electron chi connectivity index (χ2n) is 0.283. The fourth-order valence-corrected chi connectivity index (χ4v) is 0. The first kappa shape index (κ1) is 15.8. The number of halogens is 1. The monoisotopic (exact) mass is 138 g/mol. The molecule has 0 unspecified atom stereocenters. The van der Waals surface area contributed by atoms with E-state index in [2.05, 4.69) is 0 Å². The van der Waals surface area contributed by atoms with Crippen molar-refractivity contribution in [3.8, 4) is 0 Å². The third kappa shape index (κ3) is 91.1. The Labute approximate surface area is 65.0 Å². The Morgan fingerprint density at radius 1 is 1.33 bits per heavy atom. The summed E-state index contributed by atoms with van der Waals surface area (Å²) in [5.41, 5.74) is 0. The summed E-state index contributed by atoms with van der Waals surface area (Å²) in [5.74, 6) is 0. The van der Waals surface area contributed by atoms with Crippen LogP contribution in [0.15, 0.2) is 0 Å². The van der Waals surface area contributed by atoms with Crippen LogP contribution < -0.4 is 0 Å². The SMILES string of the molecule is Cl.O=[Si](O)O.[NaH]. The standard InChI is InChI=1S/ClH.Na.H2O3Si.H/c;;1-4(2)3;/h1H;;1-2H;. The molecule has 6 heteroatoms. The Bertz CT molecular complexity index is 33.8. The predicted molar refractivity (Wildman–Crippen MR) is 25.3 cm³/mol. The van der Waals surface area contributed by atoms with Crippen LogP contribution in [-0.2, 0) is 4.46 Å². The zero-order valence-corrected chi connectivity index (χ0v) is 4.03. The fourth-order valence-electron chi connectivity index (χ4n) is 0. The molecule has 6 heavy (non-hydrogen) atoms. The Hall–Kier alpha value is 0.907. The van der Waals surface area contributed by atoms with Gasteiger partial charge >= 0.3 is 38.7 Å². The fraction of sp³-hybridized carbons (Fsp3) is 0. The first-order valence-electron chi connectivity index (χ1n) is 0.651. The Balaban J connectivity index is -0.0000000450. The molecule has 0 atom stereocenters. The van der Waals surface area contributed by atoms with Gasteiger partial charge in [-0.3, -0.25) is 4.46 Å². The van der Waals surface area contributed by atoms with Gasteiger partial charge < -0.3 is 9.59 Å². The second-order valence-corrected chi connectivity index (χ2v) is 0.848. The van der Waals surface area contributed by atoms with Gasteiger partial charge in [0.2, 0.25) is 0 Å². The van der Waals surface area contributed by atoms with E-state index < -0.39 is 9.17 Å². The van der Waals surface area contributed by atoms with Gasteiger partial charge in [0.25, 0.3) is 0 Å². The van der Waals surface area contributed by atoms with Crippen LogP contribution in [0.1, 0.15) is 0 Å². The van der Waals surface area contributed by atoms with E-state index in [1.165, 1.54) is 0 Å². The number of rotatable bonds is 0. The van der Waals surface area contributed by atoms with Gasteiger partial charge in [-0.15, -0.1) is 12.4 Å². The van der Waals surface area contributed by atoms with Crippen LogP contribution in [0.3, 0.4) is 0 Å². The molecule has 0 saturated carbocycles. The summed E-state index contributed by atoms with van der Waals surface area (Å²) >= 11 is 0. The van der Waals surface area contributed by atoms with Crippen LogP contribution in [-0.4, -0.2) is 48.3 Å². The molecule has 0 aromatic rings. The summed E-state index contributed by atoms with van der Waals surface area (Å²) in [7, 11) is -3.13. The summed E-state index contributed by atoms with van der Waals surface area (Å²) in [6.45, 7) is 0. The van der Waals surface area contributed by atoms with E-state index in [0.717, 1.165) is 0 Å². The minimum absolute atomic E-state index is 0. The van der Waals surface area contributed by atoms with Gasteiger partial charge in [-0.05, 0) is 0 Å². The maximum absolute atomic E-state index is 8.74. The zero-order chi connectivity index (χ0) is 3.58. The third-order valence-electron chi connectivity index (χ3n) is 0. The maximum atomic E-state index is 8.74. The topological polar surface area (TPSA) is 57.5 Å². The molecule has 0 fully saturated rings. The molecule has 0 saturated heterocycles. The first-order valence-corrected chi connectivity index (χ1v) is 1.95. The molecule has 0 aliphatic heterocycles. The molecular weight excluding hydrogens is 135 g/mol. The summed E-state index contributed by atoms with van der Waals surface area (Å²) < 4.78 is 8.74. The second kappa shape index (κ2) is 9.32. The van der Waals surface area contributed by atoms with E-state index in [9.17, 15) is 0 Å². The van der Waals surface area contributed by atoms with Crippen molar-refractivity contribution in [3.63, 3.8) is 0 Å². The first-order chi connectivity index (χ1) is 1.73. The van der Waals surface area contributed by atoms with Crippen molar-refractivity contribution >= 4 is 51.1 Å². The summed E-state index contributed by atoms with van der Waals surface area (Å²) in [6.07, 6.45) is 0. The number of hydrogen-bond donors (Lipinski definition) is 2. The van der Waals surface area contributed by atoms with Crippen LogP contribution in [0.25, 0.3) is 0 Å². The van der Waals surface area contributed by atoms with E-state index in [1.54, 1.807) is 0 Å². The molecule has 0 aliphatic rings. The average Bonchev–Trinajstić information content (AvgIpc) is 0.811. The summed E-state index contributed by atoms with van der Waals surface area (Å²) in [6, 6.07) is 0. The molecule has 2 N–H and O–H groups in total. The molecule has 0 aromatic heterocycles. The van der Waals surface area contributed by atoms with Crippen LogP contribution in [0.2, 0.25) is 0 Å². The average molecular weight is 139 g/mol. The molecule has 0 radical (unpaired) electrons. The quantitative estimate of drug-likeness (QED) is 0.387. The van der Waals surface area contributed by atoms with Crippen LogP contribution >= 0.6 is 12.4 Å². The molecule has 0 rings (SSSR count). The molecule has 0 heterocycles. The van der Waals surface area contributed by atoms with E-state index in [1.807, 2.05) is 0 Å². The van der Waals surface area contributed by atoms with Crippen molar-refractivity contribution in [2.75, 3.05) is 0 Å². The van der Waals surface area contributed by atoms with E-state index >= 15 is 0 Å². The molecular formula is H4ClNaO3Si. The van der Waals surface area contributed by atoms with Crippen molar-refractivity contribution in [1.29, 1.82) is 0 Å². The van der Waals surface area contributed by atoms with E-state index in [0.29, 0.717) is 0 Å². The predicted octanol–water partition coefficient (Wildman–Crippen LogP) is -1.84. The van der Waals surface area contributed by atoms with Gasteiger partial charge in [0.15, 0.2) is 0 Å². The third-order valence-corrected chi connectivity index (χ3v) is 0. The van der Waals surface area contributed by atoms with E-state index in [4.69, 9.17) is 14.1 Å². The molecule has 0 spiro atoms. The molecule has 0 aromatic carbocycles. The van der Waals surface area contributed by atoms with Crippen LogP contribution in [0.5, 0.6) is 0 Å². The molecule has 0 bridgehead atoms. The van der Waals surface area contributed by atoms with Gasteiger partial charge in [0.05, 0.1) is 0 Å². The summed E-state index contributed by atoms with van der Waals surface area (Å²) in [4.78, 5) is 14.3. The van der Waals surface area contributed by atoms with E-state index in [-0.39, 0.29) is 42.0 Å². The molecule has 0 aliphatic carbocycles. The van der Waals surface area contributed by atoms with Gasteiger partial charge in [0.1, 0.15) is 0 Å². The number of hydrogen-bond acceptors (Lipinski definition) is 1. The van der Waals surface area contributed by atoms with Crippen molar-refractivity contribution in [1.82, 2.24) is 0 Å². The molecule has 3 nitrogen and oxygen atoms in total. The molecule has 0 amide bonds. The van der Waals surface area contributed by atoms with Crippen molar-refractivity contribution in [2.24, 2.45) is 0 Å². The van der Waals surface area contributed by atoms with Crippen molar-refractivity contribution in [2.45, 2.75) is 0 Å². The van der Waals surface area contributed by atoms with Gasteiger partial charge in [-0.2, -0.15) is 0 Å². The Kier molecular flexibility index (Phi) is 24.5. The normalized spacial score (nSPS) is 4.00. The van der Waals surface area contributed by atoms with Crippen LogP contribution in [0.4, 0.5) is 0 Å². The van der Waals surface area contributed by atoms with Gasteiger partial charge in [0, 0.05) is 0 Å². The molecule has 34 valence electrons. The van der Waals surface area contributed by atoms with Crippen molar-refractivity contribution in [3.05, 3.63) is 0 Å². The van der Waals surface area contributed by atoms with Gasteiger partial charge in [-0.25, -0.2) is 0 Å².